The first-order valence-corrected chi connectivity index (χ1v) is 10.00. The topological polar surface area (TPSA) is 61.4 Å². The average Bonchev–Trinajstić information content (AvgIpc) is 2.82. The molecule has 0 spiro atoms. The minimum atomic E-state index is -0.304. The Kier molecular flexibility index (Phi) is 5.61. The van der Waals surface area contributed by atoms with Gasteiger partial charge in [-0.25, -0.2) is 0 Å². The summed E-state index contributed by atoms with van der Waals surface area (Å²) in [4.78, 5) is 27.9. The third kappa shape index (κ3) is 3.82. The van der Waals surface area contributed by atoms with Crippen molar-refractivity contribution in [3.05, 3.63) is 102 Å². The molecule has 4 rings (SSSR count). The summed E-state index contributed by atoms with van der Waals surface area (Å²) in [6.07, 6.45) is 0.284. The lowest BCUT2D eigenvalue weighted by molar-refractivity contribution is -0.121. The molecule has 0 radical (unpaired) electrons. The highest BCUT2D eigenvalue weighted by Crippen LogP contribution is 2.39. The number of carbonyl (C=O) groups is 2. The van der Waals surface area contributed by atoms with Crippen molar-refractivity contribution >= 4 is 28.9 Å². The molecule has 150 valence electrons. The maximum atomic E-state index is 13.4. The molecule has 2 N–H and O–H groups in total. The smallest absolute Gasteiger partial charge is 0.270 e. The fraction of sp³-hybridized carbons (Fsp3) is 0.120. The summed E-state index contributed by atoms with van der Waals surface area (Å²) in [6.45, 7) is 2.18. The van der Waals surface area contributed by atoms with Gasteiger partial charge >= 0.3 is 0 Å². The normalized spacial score (nSPS) is 12.8. The van der Waals surface area contributed by atoms with Gasteiger partial charge < -0.3 is 10.6 Å². The van der Waals surface area contributed by atoms with Crippen molar-refractivity contribution in [3.8, 4) is 0 Å². The predicted molar refractivity (Wildman–Crippen MR) is 119 cm³/mol. The summed E-state index contributed by atoms with van der Waals surface area (Å²) in [5.41, 5.74) is 4.21. The molecule has 30 heavy (non-hydrogen) atoms. The molecule has 1 heterocycles. The lowest BCUT2D eigenvalue weighted by Gasteiger charge is -2.34. The van der Waals surface area contributed by atoms with Crippen molar-refractivity contribution in [2.45, 2.75) is 19.9 Å². The summed E-state index contributed by atoms with van der Waals surface area (Å²) < 4.78 is 0. The van der Waals surface area contributed by atoms with Crippen molar-refractivity contribution in [1.29, 1.82) is 0 Å². The summed E-state index contributed by atoms with van der Waals surface area (Å²) in [5, 5.41) is 6.35. The van der Waals surface area contributed by atoms with E-state index < -0.39 is 0 Å². The fourth-order valence-corrected chi connectivity index (χ4v) is 3.51. The van der Waals surface area contributed by atoms with Crippen molar-refractivity contribution in [2.75, 3.05) is 10.2 Å². The average molecular weight is 397 g/mol. The summed E-state index contributed by atoms with van der Waals surface area (Å²) in [6, 6.07) is 26.8. The van der Waals surface area contributed by atoms with Gasteiger partial charge in [0.05, 0.1) is 17.1 Å². The molecule has 0 unspecified atom stereocenters. The molecule has 3 aromatic carbocycles. The van der Waals surface area contributed by atoms with Crippen LogP contribution in [0.2, 0.25) is 0 Å². The molecule has 2 amide bonds. The Morgan fingerprint density at radius 1 is 0.867 bits per heavy atom. The van der Waals surface area contributed by atoms with E-state index in [4.69, 9.17) is 0 Å². The third-order valence-corrected chi connectivity index (χ3v) is 4.99. The molecule has 0 atom stereocenters. The number of hydrogen-bond acceptors (Lipinski definition) is 3. The molecule has 1 aliphatic rings. The van der Waals surface area contributed by atoms with E-state index in [-0.39, 0.29) is 18.2 Å². The maximum absolute atomic E-state index is 13.4. The van der Waals surface area contributed by atoms with Gasteiger partial charge in [-0.05, 0) is 17.7 Å². The highest BCUT2D eigenvalue weighted by Gasteiger charge is 2.33. The number of nitrogens with one attached hydrogen (secondary N) is 2. The monoisotopic (exact) mass is 397 g/mol. The molecule has 0 aromatic heterocycles. The first-order valence-electron chi connectivity index (χ1n) is 10.00. The number of nitrogens with zero attached hydrogens (tertiary/aromatic N) is 1. The van der Waals surface area contributed by atoms with Gasteiger partial charge in [0.2, 0.25) is 5.91 Å². The van der Waals surface area contributed by atoms with Crippen LogP contribution in [-0.4, -0.2) is 11.8 Å². The van der Waals surface area contributed by atoms with E-state index in [1.165, 1.54) is 4.90 Å². The molecule has 0 aliphatic carbocycles. The first-order chi connectivity index (χ1) is 14.7. The molecule has 5 nitrogen and oxygen atoms in total. The second-order valence-electron chi connectivity index (χ2n) is 6.98. The van der Waals surface area contributed by atoms with Gasteiger partial charge in [0, 0.05) is 18.5 Å². The van der Waals surface area contributed by atoms with Crippen molar-refractivity contribution in [2.24, 2.45) is 0 Å². The quantitative estimate of drug-likeness (QED) is 0.664. The molecule has 0 fully saturated rings. The number of fused-ring (bicyclic) bond motifs is 1. The zero-order valence-corrected chi connectivity index (χ0v) is 16.8. The molecular weight excluding hydrogens is 374 g/mol. The lowest BCUT2D eigenvalue weighted by Crippen LogP contribution is -2.42. The van der Waals surface area contributed by atoms with Crippen LogP contribution >= 0.6 is 0 Å². The van der Waals surface area contributed by atoms with Gasteiger partial charge in [-0.1, -0.05) is 79.7 Å². The standard InChI is InChI=1S/C25H23N3O2/c1-2-22(29)28-21-16-10-9-15-20(21)27-23(19-13-7-4-8-14-19)24(28)25(30)26-17-18-11-5-3-6-12-18/h3-16,27H,2,17H2,1H3,(H,26,30). The molecule has 0 saturated carbocycles. The molecule has 0 bridgehead atoms. The maximum Gasteiger partial charge on any atom is 0.270 e. The predicted octanol–water partition coefficient (Wildman–Crippen LogP) is 4.54. The van der Waals surface area contributed by atoms with Gasteiger partial charge in [-0.15, -0.1) is 0 Å². The molecule has 5 heteroatoms. The van der Waals surface area contributed by atoms with Crippen LogP contribution in [0.4, 0.5) is 11.4 Å². The van der Waals surface area contributed by atoms with E-state index in [0.717, 1.165) is 16.8 Å². The van der Waals surface area contributed by atoms with Crippen LogP contribution in [0.15, 0.2) is 90.6 Å². The Hall–Kier alpha value is -3.86. The van der Waals surface area contributed by atoms with E-state index in [1.54, 1.807) is 6.92 Å². The summed E-state index contributed by atoms with van der Waals surface area (Å²) in [7, 11) is 0. The van der Waals surface area contributed by atoms with Crippen molar-refractivity contribution in [1.82, 2.24) is 5.32 Å². The Bertz CT molecular complexity index is 1090. The highest BCUT2D eigenvalue weighted by molar-refractivity contribution is 6.17. The Morgan fingerprint density at radius 2 is 1.50 bits per heavy atom. The van der Waals surface area contributed by atoms with Crippen LogP contribution in [0, 0.1) is 0 Å². The zero-order chi connectivity index (χ0) is 20.9. The van der Waals surface area contributed by atoms with Crippen LogP contribution in [0.25, 0.3) is 5.70 Å². The number of para-hydroxylation sites is 2. The first kappa shape index (κ1) is 19.5. The second kappa shape index (κ2) is 8.66. The van der Waals surface area contributed by atoms with E-state index in [9.17, 15) is 9.59 Å². The van der Waals surface area contributed by atoms with Gasteiger partial charge in [0.25, 0.3) is 5.91 Å². The van der Waals surface area contributed by atoms with Crippen LogP contribution in [0.3, 0.4) is 0 Å². The number of benzene rings is 3. The molecule has 3 aromatic rings. The van der Waals surface area contributed by atoms with Crippen LogP contribution in [0.5, 0.6) is 0 Å². The number of rotatable bonds is 5. The number of anilines is 2. The zero-order valence-electron chi connectivity index (χ0n) is 16.8. The Morgan fingerprint density at radius 3 is 2.20 bits per heavy atom. The third-order valence-electron chi connectivity index (χ3n) is 4.99. The Labute approximate surface area is 176 Å². The summed E-state index contributed by atoms with van der Waals surface area (Å²) >= 11 is 0. The Balaban J connectivity index is 1.80. The largest absolute Gasteiger partial charge is 0.351 e. The van der Waals surface area contributed by atoms with E-state index >= 15 is 0 Å². The van der Waals surface area contributed by atoms with E-state index in [0.29, 0.717) is 23.6 Å². The van der Waals surface area contributed by atoms with E-state index in [2.05, 4.69) is 10.6 Å². The summed E-state index contributed by atoms with van der Waals surface area (Å²) in [5.74, 6) is -0.441. The second-order valence-corrected chi connectivity index (χ2v) is 6.98. The van der Waals surface area contributed by atoms with Crippen molar-refractivity contribution < 1.29 is 9.59 Å². The number of amides is 2. The molecule has 0 saturated heterocycles. The SMILES string of the molecule is CCC(=O)N1C(C(=O)NCc2ccccc2)=C(c2ccccc2)Nc2ccccc21. The minimum absolute atomic E-state index is 0.137. The van der Waals surface area contributed by atoms with Crippen LogP contribution in [-0.2, 0) is 16.1 Å². The number of carbonyl (C=O) groups excluding carboxylic acids is 2. The van der Waals surface area contributed by atoms with Crippen LogP contribution < -0.4 is 15.5 Å². The highest BCUT2D eigenvalue weighted by atomic mass is 16.2. The lowest BCUT2D eigenvalue weighted by atomic mass is 10.0. The fourth-order valence-electron chi connectivity index (χ4n) is 3.51. The van der Waals surface area contributed by atoms with Gasteiger partial charge in [-0.2, -0.15) is 0 Å². The van der Waals surface area contributed by atoms with Gasteiger partial charge in [0.1, 0.15) is 5.70 Å². The minimum Gasteiger partial charge on any atom is -0.351 e. The number of hydrogen-bond donors (Lipinski definition) is 2. The molecular formula is C25H23N3O2. The van der Waals surface area contributed by atoms with Crippen LogP contribution in [0.1, 0.15) is 24.5 Å². The molecule has 1 aliphatic heterocycles. The van der Waals surface area contributed by atoms with Crippen molar-refractivity contribution in [3.63, 3.8) is 0 Å². The van der Waals surface area contributed by atoms with Gasteiger partial charge in [0.15, 0.2) is 0 Å². The van der Waals surface area contributed by atoms with Gasteiger partial charge in [-0.3, -0.25) is 14.5 Å². The van der Waals surface area contributed by atoms with E-state index in [1.807, 2.05) is 84.9 Å².